The van der Waals surface area contributed by atoms with Crippen molar-refractivity contribution in [2.45, 2.75) is 13.3 Å². The average molecular weight is 239 g/mol. The molecular weight excluding hydrogens is 226 g/mol. The first-order chi connectivity index (χ1) is 8.70. The summed E-state index contributed by atoms with van der Waals surface area (Å²) in [5.74, 6) is 1.13. The van der Waals surface area contributed by atoms with Gasteiger partial charge in [0, 0.05) is 12.6 Å². The SMILES string of the molecule is Cc1cnc2nc(Cc3cccc(O)c3)[nH]c2c1. The van der Waals surface area contributed by atoms with Crippen LogP contribution in [0.3, 0.4) is 0 Å². The lowest BCUT2D eigenvalue weighted by Crippen LogP contribution is -1.89. The molecule has 4 nitrogen and oxygen atoms in total. The molecule has 3 rings (SSSR count). The Morgan fingerprint density at radius 2 is 2.17 bits per heavy atom. The molecule has 90 valence electrons. The number of phenols is 1. The van der Waals surface area contributed by atoms with Gasteiger partial charge in [0.15, 0.2) is 5.65 Å². The molecule has 0 aliphatic carbocycles. The number of pyridine rings is 1. The summed E-state index contributed by atoms with van der Waals surface area (Å²) in [7, 11) is 0. The molecule has 0 atom stereocenters. The van der Waals surface area contributed by atoms with Gasteiger partial charge >= 0.3 is 0 Å². The van der Waals surface area contributed by atoms with Gasteiger partial charge in [-0.15, -0.1) is 0 Å². The van der Waals surface area contributed by atoms with Crippen molar-refractivity contribution in [3.8, 4) is 5.75 Å². The van der Waals surface area contributed by atoms with Gasteiger partial charge in [0.05, 0.1) is 5.52 Å². The van der Waals surface area contributed by atoms with E-state index >= 15 is 0 Å². The van der Waals surface area contributed by atoms with Crippen molar-refractivity contribution in [1.29, 1.82) is 0 Å². The van der Waals surface area contributed by atoms with Crippen molar-refractivity contribution in [3.05, 3.63) is 53.5 Å². The number of benzene rings is 1. The minimum atomic E-state index is 0.276. The highest BCUT2D eigenvalue weighted by Crippen LogP contribution is 2.16. The third-order valence-electron chi connectivity index (χ3n) is 2.81. The van der Waals surface area contributed by atoms with E-state index in [0.717, 1.165) is 28.1 Å². The highest BCUT2D eigenvalue weighted by atomic mass is 16.3. The Hall–Kier alpha value is -2.36. The van der Waals surface area contributed by atoms with Gasteiger partial charge in [-0.25, -0.2) is 9.97 Å². The standard InChI is InChI=1S/C14H13N3O/c1-9-5-12-14(15-8-9)17-13(16-12)7-10-3-2-4-11(18)6-10/h2-6,8,18H,7H2,1H3,(H,15,16,17). The molecule has 0 fully saturated rings. The van der Waals surface area contributed by atoms with Gasteiger partial charge in [-0.2, -0.15) is 0 Å². The quantitative estimate of drug-likeness (QED) is 0.722. The molecule has 0 radical (unpaired) electrons. The number of hydrogen-bond donors (Lipinski definition) is 2. The molecule has 4 heteroatoms. The van der Waals surface area contributed by atoms with Crippen molar-refractivity contribution in [3.63, 3.8) is 0 Å². The first-order valence-electron chi connectivity index (χ1n) is 5.80. The normalized spacial score (nSPS) is 10.9. The Bertz CT molecular complexity index is 703. The van der Waals surface area contributed by atoms with Crippen molar-refractivity contribution in [1.82, 2.24) is 15.0 Å². The van der Waals surface area contributed by atoms with Crippen LogP contribution in [0.4, 0.5) is 0 Å². The van der Waals surface area contributed by atoms with E-state index < -0.39 is 0 Å². The Labute approximate surface area is 104 Å². The van der Waals surface area contributed by atoms with Crippen LogP contribution in [0.25, 0.3) is 11.2 Å². The van der Waals surface area contributed by atoms with Crippen LogP contribution in [0.15, 0.2) is 36.5 Å². The lowest BCUT2D eigenvalue weighted by Gasteiger charge is -1.98. The maximum Gasteiger partial charge on any atom is 0.177 e. The molecule has 0 saturated carbocycles. The van der Waals surface area contributed by atoms with Crippen molar-refractivity contribution in [2.75, 3.05) is 0 Å². The van der Waals surface area contributed by atoms with Crippen LogP contribution in [0.1, 0.15) is 17.0 Å². The predicted octanol–water partition coefficient (Wildman–Crippen LogP) is 2.56. The molecule has 0 unspecified atom stereocenters. The number of aromatic amines is 1. The molecule has 0 amide bonds. The van der Waals surface area contributed by atoms with Crippen molar-refractivity contribution < 1.29 is 5.11 Å². The smallest absolute Gasteiger partial charge is 0.177 e. The van der Waals surface area contributed by atoms with Gasteiger partial charge in [-0.1, -0.05) is 12.1 Å². The van der Waals surface area contributed by atoms with Crippen LogP contribution in [0.5, 0.6) is 5.75 Å². The van der Waals surface area contributed by atoms with Crippen LogP contribution in [-0.4, -0.2) is 20.1 Å². The molecule has 2 N–H and O–H groups in total. The summed E-state index contributed by atoms with van der Waals surface area (Å²) in [6.45, 7) is 2.00. The number of phenolic OH excluding ortho intramolecular Hbond substituents is 1. The summed E-state index contributed by atoms with van der Waals surface area (Å²) in [6, 6.07) is 9.22. The van der Waals surface area contributed by atoms with E-state index in [4.69, 9.17) is 0 Å². The number of fused-ring (bicyclic) bond motifs is 1. The van der Waals surface area contributed by atoms with Crippen LogP contribution < -0.4 is 0 Å². The van der Waals surface area contributed by atoms with E-state index in [1.54, 1.807) is 18.3 Å². The molecule has 18 heavy (non-hydrogen) atoms. The number of aromatic nitrogens is 3. The lowest BCUT2D eigenvalue weighted by atomic mass is 10.1. The number of aryl methyl sites for hydroxylation is 1. The van der Waals surface area contributed by atoms with Gasteiger partial charge in [0.1, 0.15) is 11.6 Å². The second-order valence-electron chi connectivity index (χ2n) is 4.41. The van der Waals surface area contributed by atoms with E-state index in [-0.39, 0.29) is 5.75 Å². The third-order valence-corrected chi connectivity index (χ3v) is 2.81. The van der Waals surface area contributed by atoms with Crippen LogP contribution in [-0.2, 0) is 6.42 Å². The summed E-state index contributed by atoms with van der Waals surface area (Å²) in [5.41, 5.74) is 3.81. The summed E-state index contributed by atoms with van der Waals surface area (Å²) in [6.07, 6.45) is 2.46. The van der Waals surface area contributed by atoms with Gasteiger partial charge in [-0.3, -0.25) is 0 Å². The highest BCUT2D eigenvalue weighted by molar-refractivity contribution is 5.71. The number of imidazole rings is 1. The van der Waals surface area contributed by atoms with Crippen molar-refractivity contribution in [2.24, 2.45) is 0 Å². The fourth-order valence-corrected chi connectivity index (χ4v) is 2.00. The molecule has 0 aliphatic rings. The summed E-state index contributed by atoms with van der Waals surface area (Å²) >= 11 is 0. The number of nitrogens with one attached hydrogen (secondary N) is 1. The Balaban J connectivity index is 1.95. The zero-order valence-electron chi connectivity index (χ0n) is 10.0. The number of H-pyrrole nitrogens is 1. The molecule has 3 aromatic rings. The largest absolute Gasteiger partial charge is 0.508 e. The monoisotopic (exact) mass is 239 g/mol. The van der Waals surface area contributed by atoms with E-state index in [9.17, 15) is 5.11 Å². The minimum Gasteiger partial charge on any atom is -0.508 e. The third kappa shape index (κ3) is 2.05. The maximum atomic E-state index is 9.42. The van der Waals surface area contributed by atoms with E-state index in [0.29, 0.717) is 6.42 Å². The van der Waals surface area contributed by atoms with Crippen molar-refractivity contribution >= 4 is 11.2 Å². The molecule has 0 aliphatic heterocycles. The molecule has 0 saturated heterocycles. The minimum absolute atomic E-state index is 0.276. The second-order valence-corrected chi connectivity index (χ2v) is 4.41. The Morgan fingerprint density at radius 3 is 3.00 bits per heavy atom. The van der Waals surface area contributed by atoms with Gasteiger partial charge in [0.2, 0.25) is 0 Å². The fraction of sp³-hybridized carbons (Fsp3) is 0.143. The Morgan fingerprint density at radius 1 is 1.28 bits per heavy atom. The van der Waals surface area contributed by atoms with E-state index in [2.05, 4.69) is 15.0 Å². The van der Waals surface area contributed by atoms with Crippen LogP contribution >= 0.6 is 0 Å². The molecule has 1 aromatic carbocycles. The summed E-state index contributed by atoms with van der Waals surface area (Å²) in [5, 5.41) is 9.42. The first-order valence-corrected chi connectivity index (χ1v) is 5.80. The molecule has 2 heterocycles. The zero-order chi connectivity index (χ0) is 12.5. The first kappa shape index (κ1) is 10.8. The molecule has 0 bridgehead atoms. The van der Waals surface area contributed by atoms with Gasteiger partial charge in [0.25, 0.3) is 0 Å². The Kier molecular flexibility index (Phi) is 2.48. The summed E-state index contributed by atoms with van der Waals surface area (Å²) in [4.78, 5) is 11.9. The zero-order valence-corrected chi connectivity index (χ0v) is 10.0. The predicted molar refractivity (Wildman–Crippen MR) is 69.5 cm³/mol. The lowest BCUT2D eigenvalue weighted by molar-refractivity contribution is 0.474. The average Bonchev–Trinajstić information content (AvgIpc) is 2.70. The molecule has 2 aromatic heterocycles. The number of rotatable bonds is 2. The molecular formula is C14H13N3O. The topological polar surface area (TPSA) is 61.8 Å². The number of nitrogens with zero attached hydrogens (tertiary/aromatic N) is 2. The van der Waals surface area contributed by atoms with Gasteiger partial charge < -0.3 is 10.1 Å². The fourth-order valence-electron chi connectivity index (χ4n) is 2.00. The summed E-state index contributed by atoms with van der Waals surface area (Å²) < 4.78 is 0. The highest BCUT2D eigenvalue weighted by Gasteiger charge is 2.05. The van der Waals surface area contributed by atoms with Crippen LogP contribution in [0.2, 0.25) is 0 Å². The van der Waals surface area contributed by atoms with E-state index in [1.807, 2.05) is 25.1 Å². The van der Waals surface area contributed by atoms with Crippen LogP contribution in [0, 0.1) is 6.92 Å². The van der Waals surface area contributed by atoms with Gasteiger partial charge in [-0.05, 0) is 36.2 Å². The number of aromatic hydroxyl groups is 1. The second kappa shape index (κ2) is 4.14. The molecule has 0 spiro atoms. The van der Waals surface area contributed by atoms with E-state index in [1.165, 1.54) is 0 Å². The number of hydrogen-bond acceptors (Lipinski definition) is 3. The maximum absolute atomic E-state index is 9.42.